The van der Waals surface area contributed by atoms with Crippen molar-refractivity contribution in [3.05, 3.63) is 11.6 Å². The van der Waals surface area contributed by atoms with Gasteiger partial charge >= 0.3 is 5.97 Å². The number of H-pyrrole nitrogens is 1. The molecule has 1 atom stereocenters. The van der Waals surface area contributed by atoms with Gasteiger partial charge in [0.25, 0.3) is 5.91 Å². The monoisotopic (exact) mass is 280 g/mol. The third-order valence-corrected chi connectivity index (χ3v) is 3.38. The molecule has 1 aliphatic heterocycles. The molecule has 2 heterocycles. The molecule has 1 amide bonds. The predicted octanol–water partition coefficient (Wildman–Crippen LogP) is 0.925. The lowest BCUT2D eigenvalue weighted by Crippen LogP contribution is -2.49. The highest BCUT2D eigenvalue weighted by Gasteiger charge is 2.35. The normalized spacial score (nSPS) is 18.9. The minimum Gasteiger partial charge on any atom is -0.464 e. The van der Waals surface area contributed by atoms with Gasteiger partial charge in [-0.2, -0.15) is 0 Å². The average molecular weight is 280 g/mol. The lowest BCUT2D eigenvalue weighted by molar-refractivity contribution is -0.149. The van der Waals surface area contributed by atoms with Crippen molar-refractivity contribution < 1.29 is 14.3 Å². The van der Waals surface area contributed by atoms with Gasteiger partial charge in [0.15, 0.2) is 0 Å². The van der Waals surface area contributed by atoms with Crippen LogP contribution in [0.1, 0.15) is 49.6 Å². The highest BCUT2D eigenvalue weighted by atomic mass is 16.5. The van der Waals surface area contributed by atoms with Crippen LogP contribution in [0.25, 0.3) is 0 Å². The van der Waals surface area contributed by atoms with Crippen LogP contribution in [-0.2, 0) is 16.0 Å². The molecule has 1 aromatic heterocycles. The molecule has 7 nitrogen and oxygen atoms in total. The van der Waals surface area contributed by atoms with Crippen molar-refractivity contribution in [2.24, 2.45) is 0 Å². The molecule has 20 heavy (non-hydrogen) atoms. The fourth-order valence-corrected chi connectivity index (χ4v) is 2.34. The smallest absolute Gasteiger partial charge is 0.328 e. The van der Waals surface area contributed by atoms with Crippen molar-refractivity contribution in [3.63, 3.8) is 0 Å². The Morgan fingerprint density at radius 2 is 2.20 bits per heavy atom. The minimum atomic E-state index is -0.514. The van der Waals surface area contributed by atoms with E-state index >= 15 is 0 Å². The first-order chi connectivity index (χ1) is 9.67. The molecule has 2 rings (SSSR count). The van der Waals surface area contributed by atoms with Gasteiger partial charge in [-0.3, -0.25) is 9.89 Å². The summed E-state index contributed by atoms with van der Waals surface area (Å²) in [4.78, 5) is 30.0. The largest absolute Gasteiger partial charge is 0.464 e. The molecule has 1 saturated heterocycles. The summed E-state index contributed by atoms with van der Waals surface area (Å²) < 4.78 is 5.04. The van der Waals surface area contributed by atoms with Gasteiger partial charge in [-0.1, -0.05) is 6.92 Å². The van der Waals surface area contributed by atoms with Gasteiger partial charge in [-0.15, -0.1) is 5.10 Å². The topological polar surface area (TPSA) is 88.2 Å². The van der Waals surface area contributed by atoms with E-state index in [0.717, 1.165) is 12.8 Å². The van der Waals surface area contributed by atoms with Crippen molar-refractivity contribution in [2.75, 3.05) is 13.2 Å². The number of carbonyl (C=O) groups is 2. The van der Waals surface area contributed by atoms with Crippen LogP contribution < -0.4 is 0 Å². The van der Waals surface area contributed by atoms with Gasteiger partial charge < -0.3 is 9.64 Å². The summed E-state index contributed by atoms with van der Waals surface area (Å²) in [5.74, 6) is 0.140. The predicted molar refractivity (Wildman–Crippen MR) is 71.1 cm³/mol. The Morgan fingerprint density at radius 3 is 2.85 bits per heavy atom. The lowest BCUT2D eigenvalue weighted by atomic mass is 10.0. The molecule has 1 unspecified atom stereocenters. The molecular weight excluding hydrogens is 260 g/mol. The van der Waals surface area contributed by atoms with Gasteiger partial charge in [0.2, 0.25) is 5.82 Å². The van der Waals surface area contributed by atoms with Crippen LogP contribution in [0.5, 0.6) is 0 Å². The number of nitrogens with one attached hydrogen (secondary N) is 1. The van der Waals surface area contributed by atoms with Crippen molar-refractivity contribution in [2.45, 2.75) is 45.6 Å². The van der Waals surface area contributed by atoms with Crippen LogP contribution in [0, 0.1) is 0 Å². The summed E-state index contributed by atoms with van der Waals surface area (Å²) in [5.41, 5.74) is 0. The summed E-state index contributed by atoms with van der Waals surface area (Å²) in [6.07, 6.45) is 3.12. The minimum absolute atomic E-state index is 0.123. The molecular formula is C13H20N4O3. The van der Waals surface area contributed by atoms with E-state index in [-0.39, 0.29) is 17.7 Å². The first-order valence-corrected chi connectivity index (χ1v) is 7.06. The second kappa shape index (κ2) is 6.49. The zero-order chi connectivity index (χ0) is 14.5. The highest BCUT2D eigenvalue weighted by Crippen LogP contribution is 2.20. The summed E-state index contributed by atoms with van der Waals surface area (Å²) in [5, 5.41) is 6.64. The van der Waals surface area contributed by atoms with Crippen LogP contribution in [0.3, 0.4) is 0 Å². The number of piperidine rings is 1. The first kappa shape index (κ1) is 14.5. The number of aromatic amines is 1. The van der Waals surface area contributed by atoms with Crippen molar-refractivity contribution in [3.8, 4) is 0 Å². The Labute approximate surface area is 117 Å². The third kappa shape index (κ3) is 2.97. The molecule has 0 aromatic carbocycles. The van der Waals surface area contributed by atoms with Crippen LogP contribution in [0.15, 0.2) is 0 Å². The number of aryl methyl sites for hydroxylation is 1. The molecule has 1 aliphatic rings. The maximum atomic E-state index is 12.4. The van der Waals surface area contributed by atoms with E-state index in [1.54, 1.807) is 6.92 Å². The summed E-state index contributed by atoms with van der Waals surface area (Å²) in [6.45, 7) is 4.54. The number of ether oxygens (including phenoxy) is 1. The van der Waals surface area contributed by atoms with Crippen molar-refractivity contribution in [1.29, 1.82) is 0 Å². The maximum absolute atomic E-state index is 12.4. The standard InChI is InChI=1S/C13H20N4O3/c1-3-10-14-11(16-15-10)12(18)17-8-6-5-7-9(17)13(19)20-4-2/h9H,3-8H2,1-2H3,(H,14,15,16). The number of nitrogens with zero attached hydrogens (tertiary/aromatic N) is 3. The second-order valence-corrected chi connectivity index (χ2v) is 4.72. The number of aromatic nitrogens is 3. The van der Waals surface area contributed by atoms with E-state index in [9.17, 15) is 9.59 Å². The van der Waals surface area contributed by atoms with Gasteiger partial charge in [-0.05, 0) is 26.2 Å². The molecule has 0 aliphatic carbocycles. The van der Waals surface area contributed by atoms with Gasteiger partial charge in [0, 0.05) is 13.0 Å². The zero-order valence-corrected chi connectivity index (χ0v) is 11.9. The molecule has 0 bridgehead atoms. The van der Waals surface area contributed by atoms with E-state index < -0.39 is 6.04 Å². The van der Waals surface area contributed by atoms with E-state index in [1.165, 1.54) is 4.90 Å². The molecule has 0 saturated carbocycles. The number of rotatable bonds is 4. The van der Waals surface area contributed by atoms with Crippen LogP contribution in [0.4, 0.5) is 0 Å². The van der Waals surface area contributed by atoms with E-state index in [2.05, 4.69) is 15.2 Å². The number of esters is 1. The van der Waals surface area contributed by atoms with E-state index in [4.69, 9.17) is 4.74 Å². The van der Waals surface area contributed by atoms with E-state index in [1.807, 2.05) is 6.92 Å². The Bertz CT molecular complexity index is 486. The molecule has 110 valence electrons. The highest BCUT2D eigenvalue weighted by molar-refractivity contribution is 5.93. The molecule has 0 spiro atoms. The Morgan fingerprint density at radius 1 is 1.40 bits per heavy atom. The SMILES string of the molecule is CCOC(=O)C1CCCCN1C(=O)c1n[nH]c(CC)n1. The van der Waals surface area contributed by atoms with Crippen molar-refractivity contribution >= 4 is 11.9 Å². The third-order valence-electron chi connectivity index (χ3n) is 3.38. The van der Waals surface area contributed by atoms with Gasteiger partial charge in [0.1, 0.15) is 11.9 Å². The average Bonchev–Trinajstić information content (AvgIpc) is 2.95. The number of hydrogen-bond acceptors (Lipinski definition) is 5. The Hall–Kier alpha value is -1.92. The Balaban J connectivity index is 2.14. The van der Waals surface area contributed by atoms with Crippen LogP contribution >= 0.6 is 0 Å². The molecule has 1 fully saturated rings. The summed E-state index contributed by atoms with van der Waals surface area (Å²) in [6, 6.07) is -0.514. The summed E-state index contributed by atoms with van der Waals surface area (Å²) in [7, 11) is 0. The van der Waals surface area contributed by atoms with Gasteiger partial charge in [-0.25, -0.2) is 9.78 Å². The quantitative estimate of drug-likeness (QED) is 0.829. The number of amides is 1. The van der Waals surface area contributed by atoms with Crippen LogP contribution in [0.2, 0.25) is 0 Å². The molecule has 1 N–H and O–H groups in total. The Kier molecular flexibility index (Phi) is 4.70. The second-order valence-electron chi connectivity index (χ2n) is 4.72. The summed E-state index contributed by atoms with van der Waals surface area (Å²) >= 11 is 0. The van der Waals surface area contributed by atoms with E-state index in [0.29, 0.717) is 31.8 Å². The fraction of sp³-hybridized carbons (Fsp3) is 0.692. The fourth-order valence-electron chi connectivity index (χ4n) is 2.34. The number of hydrogen-bond donors (Lipinski definition) is 1. The molecule has 1 aromatic rings. The maximum Gasteiger partial charge on any atom is 0.328 e. The number of carbonyl (C=O) groups excluding carboxylic acids is 2. The molecule has 0 radical (unpaired) electrons. The lowest BCUT2D eigenvalue weighted by Gasteiger charge is -2.33. The molecule has 7 heteroatoms. The first-order valence-electron chi connectivity index (χ1n) is 7.06. The number of likely N-dealkylation sites (tertiary alicyclic amines) is 1. The van der Waals surface area contributed by atoms with Crippen LogP contribution in [-0.4, -0.2) is 51.2 Å². The zero-order valence-electron chi connectivity index (χ0n) is 11.9. The van der Waals surface area contributed by atoms with Crippen molar-refractivity contribution in [1.82, 2.24) is 20.1 Å². The van der Waals surface area contributed by atoms with Gasteiger partial charge in [0.05, 0.1) is 6.61 Å².